The Bertz CT molecular complexity index is 307. The van der Waals surface area contributed by atoms with Gasteiger partial charge in [-0.25, -0.2) is 0 Å². The lowest BCUT2D eigenvalue weighted by molar-refractivity contribution is 0.181. The average Bonchev–Trinajstić information content (AvgIpc) is 2.09. The molecule has 0 aromatic heterocycles. The average molecular weight is 241 g/mol. The zero-order valence-electron chi connectivity index (χ0n) is 7.63. The molecule has 0 amide bonds. The van der Waals surface area contributed by atoms with E-state index in [9.17, 15) is 5.11 Å². The number of hydrogen-bond donors (Lipinski definition) is 1. The van der Waals surface area contributed by atoms with Crippen LogP contribution < -0.4 is 0 Å². The molecule has 0 fully saturated rings. The van der Waals surface area contributed by atoms with E-state index in [0.717, 1.165) is 15.6 Å². The molecule has 0 saturated heterocycles. The van der Waals surface area contributed by atoms with Gasteiger partial charge in [-0.05, 0) is 36.6 Å². The van der Waals surface area contributed by atoms with Crippen molar-refractivity contribution in [2.75, 3.05) is 0 Å². The number of hydrogen-bond acceptors (Lipinski definition) is 1. The highest BCUT2D eigenvalue weighted by molar-refractivity contribution is 9.10. The minimum Gasteiger partial charge on any atom is -0.388 e. The first-order valence-electron chi connectivity index (χ1n) is 4.20. The molecule has 1 N–H and O–H groups in total. The largest absolute Gasteiger partial charge is 0.388 e. The topological polar surface area (TPSA) is 20.2 Å². The standard InChI is InChI=1S/C11H13BrO/c1-3-4-11(13)10-7-9(12)6-5-8(10)2/h3,5-7,11,13H,1,4H2,2H3. The fourth-order valence-corrected chi connectivity index (χ4v) is 1.63. The molecule has 1 aromatic rings. The van der Waals surface area contributed by atoms with E-state index in [2.05, 4.69) is 22.5 Å². The van der Waals surface area contributed by atoms with Gasteiger partial charge in [0, 0.05) is 4.47 Å². The summed E-state index contributed by atoms with van der Waals surface area (Å²) in [5.74, 6) is 0. The van der Waals surface area contributed by atoms with E-state index in [1.165, 1.54) is 0 Å². The number of aryl methyl sites for hydroxylation is 1. The zero-order valence-corrected chi connectivity index (χ0v) is 9.21. The first-order valence-corrected chi connectivity index (χ1v) is 4.99. The predicted octanol–water partition coefficient (Wildman–Crippen LogP) is 3.37. The zero-order chi connectivity index (χ0) is 9.84. The number of rotatable bonds is 3. The lowest BCUT2D eigenvalue weighted by Gasteiger charge is -2.11. The van der Waals surface area contributed by atoms with Gasteiger partial charge in [-0.2, -0.15) is 0 Å². The van der Waals surface area contributed by atoms with Crippen molar-refractivity contribution in [1.82, 2.24) is 0 Å². The lowest BCUT2D eigenvalue weighted by atomic mass is 10.0. The van der Waals surface area contributed by atoms with Crippen molar-refractivity contribution in [3.8, 4) is 0 Å². The van der Waals surface area contributed by atoms with Crippen LogP contribution in [-0.4, -0.2) is 5.11 Å². The Labute approximate surface area is 87.2 Å². The highest BCUT2D eigenvalue weighted by Gasteiger charge is 2.08. The number of halogens is 1. The van der Waals surface area contributed by atoms with Crippen LogP contribution in [-0.2, 0) is 0 Å². The fourth-order valence-electron chi connectivity index (χ4n) is 1.26. The molecule has 0 bridgehead atoms. The molecule has 1 atom stereocenters. The SMILES string of the molecule is C=CCC(O)c1cc(Br)ccc1C. The van der Waals surface area contributed by atoms with Gasteiger partial charge in [0.05, 0.1) is 6.10 Å². The molecule has 1 rings (SSSR count). The van der Waals surface area contributed by atoms with Gasteiger partial charge in [-0.15, -0.1) is 6.58 Å². The Morgan fingerprint density at radius 1 is 1.62 bits per heavy atom. The molecular formula is C11H13BrO. The molecule has 0 heterocycles. The van der Waals surface area contributed by atoms with Gasteiger partial charge in [0.15, 0.2) is 0 Å². The number of benzene rings is 1. The highest BCUT2D eigenvalue weighted by Crippen LogP contribution is 2.24. The Morgan fingerprint density at radius 2 is 2.31 bits per heavy atom. The lowest BCUT2D eigenvalue weighted by Crippen LogP contribution is -1.98. The molecule has 1 unspecified atom stereocenters. The third-order valence-corrected chi connectivity index (χ3v) is 2.48. The van der Waals surface area contributed by atoms with Crippen molar-refractivity contribution in [3.05, 3.63) is 46.5 Å². The summed E-state index contributed by atoms with van der Waals surface area (Å²) in [7, 11) is 0. The van der Waals surface area contributed by atoms with Crippen molar-refractivity contribution in [2.24, 2.45) is 0 Å². The van der Waals surface area contributed by atoms with E-state index in [1.807, 2.05) is 25.1 Å². The van der Waals surface area contributed by atoms with Crippen LogP contribution >= 0.6 is 15.9 Å². The quantitative estimate of drug-likeness (QED) is 0.804. The van der Waals surface area contributed by atoms with Crippen LogP contribution in [0.1, 0.15) is 23.7 Å². The molecule has 70 valence electrons. The van der Waals surface area contributed by atoms with Crippen molar-refractivity contribution in [2.45, 2.75) is 19.4 Å². The molecule has 1 nitrogen and oxygen atoms in total. The summed E-state index contributed by atoms with van der Waals surface area (Å²) >= 11 is 3.38. The molecule has 1 aromatic carbocycles. The summed E-state index contributed by atoms with van der Waals surface area (Å²) in [5.41, 5.74) is 2.08. The summed E-state index contributed by atoms with van der Waals surface area (Å²) in [6, 6.07) is 5.91. The summed E-state index contributed by atoms with van der Waals surface area (Å²) in [5, 5.41) is 9.73. The van der Waals surface area contributed by atoms with Crippen LogP contribution in [0.15, 0.2) is 35.3 Å². The van der Waals surface area contributed by atoms with E-state index in [4.69, 9.17) is 0 Å². The second-order valence-corrected chi connectivity index (χ2v) is 3.96. The second-order valence-electron chi connectivity index (χ2n) is 3.04. The van der Waals surface area contributed by atoms with Gasteiger partial charge in [0.2, 0.25) is 0 Å². The van der Waals surface area contributed by atoms with Gasteiger partial charge in [-0.3, -0.25) is 0 Å². The summed E-state index contributed by atoms with van der Waals surface area (Å²) in [6.45, 7) is 5.60. The maximum atomic E-state index is 9.73. The monoisotopic (exact) mass is 240 g/mol. The predicted molar refractivity (Wildman–Crippen MR) is 58.7 cm³/mol. The van der Waals surface area contributed by atoms with Gasteiger partial charge in [-0.1, -0.05) is 28.1 Å². The second kappa shape index (κ2) is 4.58. The molecule has 0 aliphatic rings. The molecule has 0 saturated carbocycles. The fraction of sp³-hybridized carbons (Fsp3) is 0.273. The molecule has 0 aliphatic carbocycles. The van der Waals surface area contributed by atoms with Crippen LogP contribution in [0.25, 0.3) is 0 Å². The van der Waals surface area contributed by atoms with Crippen LogP contribution in [0.2, 0.25) is 0 Å². The molecule has 2 heteroatoms. The summed E-state index contributed by atoms with van der Waals surface area (Å²) in [4.78, 5) is 0. The van der Waals surface area contributed by atoms with E-state index in [-0.39, 0.29) is 0 Å². The highest BCUT2D eigenvalue weighted by atomic mass is 79.9. The third-order valence-electron chi connectivity index (χ3n) is 1.99. The van der Waals surface area contributed by atoms with E-state index < -0.39 is 6.10 Å². The van der Waals surface area contributed by atoms with E-state index >= 15 is 0 Å². The van der Waals surface area contributed by atoms with Crippen LogP contribution in [0.5, 0.6) is 0 Å². The Kier molecular flexibility index (Phi) is 3.70. The van der Waals surface area contributed by atoms with Crippen molar-refractivity contribution >= 4 is 15.9 Å². The van der Waals surface area contributed by atoms with Crippen LogP contribution in [0.3, 0.4) is 0 Å². The minimum atomic E-state index is -0.435. The molecule has 0 aliphatic heterocycles. The first kappa shape index (κ1) is 10.5. The maximum absolute atomic E-state index is 9.73. The minimum absolute atomic E-state index is 0.435. The van der Waals surface area contributed by atoms with Crippen molar-refractivity contribution in [1.29, 1.82) is 0 Å². The van der Waals surface area contributed by atoms with Gasteiger partial charge in [0.25, 0.3) is 0 Å². The van der Waals surface area contributed by atoms with Crippen LogP contribution in [0.4, 0.5) is 0 Å². The Morgan fingerprint density at radius 3 is 2.92 bits per heavy atom. The van der Waals surface area contributed by atoms with Crippen molar-refractivity contribution in [3.63, 3.8) is 0 Å². The number of aliphatic hydroxyl groups excluding tert-OH is 1. The first-order chi connectivity index (χ1) is 6.15. The molecule has 0 spiro atoms. The van der Waals surface area contributed by atoms with Gasteiger partial charge >= 0.3 is 0 Å². The molecular weight excluding hydrogens is 228 g/mol. The summed E-state index contributed by atoms with van der Waals surface area (Å²) < 4.78 is 0.996. The normalized spacial score (nSPS) is 12.5. The van der Waals surface area contributed by atoms with E-state index in [1.54, 1.807) is 6.08 Å². The maximum Gasteiger partial charge on any atom is 0.0827 e. The van der Waals surface area contributed by atoms with Crippen LogP contribution in [0, 0.1) is 6.92 Å². The Balaban J connectivity index is 2.97. The van der Waals surface area contributed by atoms with Crippen molar-refractivity contribution < 1.29 is 5.11 Å². The molecule has 13 heavy (non-hydrogen) atoms. The van der Waals surface area contributed by atoms with Gasteiger partial charge in [0.1, 0.15) is 0 Å². The van der Waals surface area contributed by atoms with Gasteiger partial charge < -0.3 is 5.11 Å². The Hall–Kier alpha value is -0.600. The molecule has 0 radical (unpaired) electrons. The number of aliphatic hydroxyl groups is 1. The third kappa shape index (κ3) is 2.68. The van der Waals surface area contributed by atoms with E-state index in [0.29, 0.717) is 6.42 Å². The smallest absolute Gasteiger partial charge is 0.0827 e. The summed E-state index contributed by atoms with van der Waals surface area (Å²) in [6.07, 6.45) is 1.89.